The highest BCUT2D eigenvalue weighted by atomic mass is 16.7. The smallest absolute Gasteiger partial charge is 0.445 e. The van der Waals surface area contributed by atoms with Crippen LogP contribution in [0.2, 0.25) is 0 Å². The van der Waals surface area contributed by atoms with Crippen LogP contribution < -0.4 is 15.4 Å². The highest BCUT2D eigenvalue weighted by molar-refractivity contribution is 5.86. The first-order chi connectivity index (χ1) is 17.9. The first-order valence-corrected chi connectivity index (χ1v) is 12.2. The molecule has 0 heterocycles. The lowest BCUT2D eigenvalue weighted by atomic mass is 10.0. The van der Waals surface area contributed by atoms with Gasteiger partial charge in [0.25, 0.3) is 0 Å². The average Bonchev–Trinajstić information content (AvgIpc) is 2.92. The molecule has 0 saturated heterocycles. The van der Waals surface area contributed by atoms with E-state index in [2.05, 4.69) is 10.6 Å². The van der Waals surface area contributed by atoms with Crippen molar-refractivity contribution in [2.24, 2.45) is 0 Å². The molecule has 0 spiro atoms. The molecule has 8 nitrogen and oxygen atoms in total. The molecule has 0 aliphatic carbocycles. The number of ether oxygens (including phenoxy) is 3. The van der Waals surface area contributed by atoms with E-state index < -0.39 is 18.3 Å². The molecule has 0 saturated carbocycles. The number of nitrogens with one attached hydrogen (secondary N) is 2. The van der Waals surface area contributed by atoms with Gasteiger partial charge in [-0.1, -0.05) is 79.7 Å². The topological polar surface area (TPSA) is 103 Å². The van der Waals surface area contributed by atoms with Crippen LogP contribution in [-0.4, -0.2) is 30.2 Å². The standard InChI is InChI=1S/C29H32N2O6/c1-3-21(2)30-27(32)26(31-28(33)35-19-23-10-6-4-7-11-23)18-22-14-16-25(17-15-22)37-29(34)36-20-24-12-8-5-9-13-24/h4-17,21,26H,3,18-20H2,1-2H3,(H,30,32)(H,31,33)/t21-,26-/m1/s1. The number of alkyl carbamates (subject to hydrolysis) is 1. The second-order valence-corrected chi connectivity index (χ2v) is 8.55. The van der Waals surface area contributed by atoms with Crippen molar-refractivity contribution in [3.63, 3.8) is 0 Å². The molecule has 3 rings (SSSR count). The Morgan fingerprint density at radius 1 is 0.730 bits per heavy atom. The maximum absolute atomic E-state index is 12.9. The highest BCUT2D eigenvalue weighted by Gasteiger charge is 2.23. The van der Waals surface area contributed by atoms with Gasteiger partial charge in [0.2, 0.25) is 5.91 Å². The van der Waals surface area contributed by atoms with Crippen molar-refractivity contribution in [3.8, 4) is 5.75 Å². The molecule has 0 unspecified atom stereocenters. The second-order valence-electron chi connectivity index (χ2n) is 8.55. The molecule has 194 valence electrons. The molecule has 3 aromatic rings. The van der Waals surface area contributed by atoms with Crippen molar-refractivity contribution >= 4 is 18.2 Å². The van der Waals surface area contributed by atoms with Gasteiger partial charge in [0, 0.05) is 12.5 Å². The summed E-state index contributed by atoms with van der Waals surface area (Å²) in [6.07, 6.45) is -0.524. The molecule has 0 bridgehead atoms. The summed E-state index contributed by atoms with van der Waals surface area (Å²) in [5.74, 6) is -0.00604. The summed E-state index contributed by atoms with van der Waals surface area (Å²) in [6, 6.07) is 24.3. The zero-order valence-electron chi connectivity index (χ0n) is 21.0. The van der Waals surface area contributed by atoms with E-state index in [4.69, 9.17) is 14.2 Å². The van der Waals surface area contributed by atoms with E-state index in [9.17, 15) is 14.4 Å². The monoisotopic (exact) mass is 504 g/mol. The van der Waals surface area contributed by atoms with Crippen LogP contribution in [0.4, 0.5) is 9.59 Å². The lowest BCUT2D eigenvalue weighted by Gasteiger charge is -2.21. The lowest BCUT2D eigenvalue weighted by Crippen LogP contribution is -2.50. The molecule has 0 aromatic heterocycles. The minimum atomic E-state index is -0.847. The highest BCUT2D eigenvalue weighted by Crippen LogP contribution is 2.15. The Bertz CT molecular complexity index is 1140. The zero-order chi connectivity index (χ0) is 26.5. The number of carbonyl (C=O) groups is 3. The molecule has 3 aromatic carbocycles. The van der Waals surface area contributed by atoms with Crippen LogP contribution >= 0.6 is 0 Å². The fourth-order valence-corrected chi connectivity index (χ4v) is 3.33. The van der Waals surface area contributed by atoms with Gasteiger partial charge in [-0.25, -0.2) is 9.59 Å². The third-order valence-electron chi connectivity index (χ3n) is 5.59. The Morgan fingerprint density at radius 3 is 1.86 bits per heavy atom. The fraction of sp³-hybridized carbons (Fsp3) is 0.276. The van der Waals surface area contributed by atoms with Crippen LogP contribution in [0.3, 0.4) is 0 Å². The molecular weight excluding hydrogens is 472 g/mol. The minimum absolute atomic E-state index is 0.0465. The Morgan fingerprint density at radius 2 is 1.30 bits per heavy atom. The Balaban J connectivity index is 1.56. The number of rotatable bonds is 11. The van der Waals surface area contributed by atoms with Crippen LogP contribution in [0.25, 0.3) is 0 Å². The first kappa shape index (κ1) is 27.3. The van der Waals surface area contributed by atoms with Gasteiger partial charge < -0.3 is 24.8 Å². The van der Waals surface area contributed by atoms with Gasteiger partial charge in [0.05, 0.1) is 0 Å². The van der Waals surface area contributed by atoms with E-state index in [0.29, 0.717) is 5.75 Å². The molecule has 2 amide bonds. The summed E-state index contributed by atoms with van der Waals surface area (Å²) in [5, 5.41) is 5.56. The quantitative estimate of drug-likeness (QED) is 0.276. The van der Waals surface area contributed by atoms with Crippen molar-refractivity contribution < 1.29 is 28.6 Å². The van der Waals surface area contributed by atoms with Gasteiger partial charge in [-0.3, -0.25) is 4.79 Å². The summed E-state index contributed by atoms with van der Waals surface area (Å²) in [6.45, 7) is 4.06. The third-order valence-corrected chi connectivity index (χ3v) is 5.59. The molecule has 8 heteroatoms. The van der Waals surface area contributed by atoms with Crippen molar-refractivity contribution in [2.45, 2.75) is 52.0 Å². The Kier molecular flexibility index (Phi) is 10.5. The van der Waals surface area contributed by atoms with E-state index in [1.54, 1.807) is 24.3 Å². The van der Waals surface area contributed by atoms with E-state index >= 15 is 0 Å². The maximum Gasteiger partial charge on any atom is 0.514 e. The molecule has 0 radical (unpaired) electrons. The van der Waals surface area contributed by atoms with Crippen molar-refractivity contribution in [3.05, 3.63) is 102 Å². The first-order valence-electron chi connectivity index (χ1n) is 12.2. The zero-order valence-corrected chi connectivity index (χ0v) is 21.0. The predicted octanol–water partition coefficient (Wildman–Crippen LogP) is 5.15. The molecule has 0 aliphatic heterocycles. The van der Waals surface area contributed by atoms with Crippen LogP contribution in [0, 0.1) is 0 Å². The Hall–Kier alpha value is -4.33. The largest absolute Gasteiger partial charge is 0.514 e. The SMILES string of the molecule is CC[C@@H](C)NC(=O)[C@@H](Cc1ccc(OC(=O)OCc2ccccc2)cc1)NC(=O)OCc1ccccc1. The minimum Gasteiger partial charge on any atom is -0.445 e. The summed E-state index contributed by atoms with van der Waals surface area (Å²) < 4.78 is 15.6. The number of carbonyl (C=O) groups excluding carboxylic acids is 3. The van der Waals surface area contributed by atoms with Crippen LogP contribution in [0.1, 0.15) is 37.0 Å². The molecule has 0 aliphatic rings. The summed E-state index contributed by atoms with van der Waals surface area (Å²) in [5.41, 5.74) is 2.46. The Labute approximate surface area is 216 Å². The lowest BCUT2D eigenvalue weighted by molar-refractivity contribution is -0.123. The van der Waals surface area contributed by atoms with Crippen molar-refractivity contribution in [1.29, 1.82) is 0 Å². The molecular formula is C29H32N2O6. The van der Waals surface area contributed by atoms with Gasteiger partial charge in [-0.2, -0.15) is 0 Å². The van der Waals surface area contributed by atoms with Crippen LogP contribution in [-0.2, 0) is 33.9 Å². The fourth-order valence-electron chi connectivity index (χ4n) is 3.33. The number of benzene rings is 3. The number of amides is 2. The van der Waals surface area contributed by atoms with Crippen LogP contribution in [0.5, 0.6) is 5.75 Å². The van der Waals surface area contributed by atoms with Crippen molar-refractivity contribution in [1.82, 2.24) is 10.6 Å². The van der Waals surface area contributed by atoms with Crippen LogP contribution in [0.15, 0.2) is 84.9 Å². The van der Waals surface area contributed by atoms with Gasteiger partial charge in [-0.15, -0.1) is 0 Å². The van der Waals surface area contributed by atoms with Crippen molar-refractivity contribution in [2.75, 3.05) is 0 Å². The summed E-state index contributed by atoms with van der Waals surface area (Å²) in [4.78, 5) is 37.3. The van der Waals surface area contributed by atoms with Gasteiger partial charge in [-0.05, 0) is 42.2 Å². The predicted molar refractivity (Wildman–Crippen MR) is 139 cm³/mol. The summed E-state index contributed by atoms with van der Waals surface area (Å²) >= 11 is 0. The third kappa shape index (κ3) is 9.68. The average molecular weight is 505 g/mol. The summed E-state index contributed by atoms with van der Waals surface area (Å²) in [7, 11) is 0. The molecule has 0 fully saturated rings. The molecule has 2 N–H and O–H groups in total. The van der Waals surface area contributed by atoms with Gasteiger partial charge >= 0.3 is 12.2 Å². The molecule has 2 atom stereocenters. The number of hydrogen-bond acceptors (Lipinski definition) is 6. The maximum atomic E-state index is 12.9. The normalized spacial score (nSPS) is 12.1. The van der Waals surface area contributed by atoms with E-state index in [0.717, 1.165) is 23.1 Å². The number of hydrogen-bond donors (Lipinski definition) is 2. The second kappa shape index (κ2) is 14.3. The van der Waals surface area contributed by atoms with E-state index in [-0.39, 0.29) is 31.6 Å². The molecule has 37 heavy (non-hydrogen) atoms. The van der Waals surface area contributed by atoms with Gasteiger partial charge in [0.1, 0.15) is 25.0 Å². The van der Waals surface area contributed by atoms with E-state index in [1.807, 2.05) is 74.5 Å². The van der Waals surface area contributed by atoms with Gasteiger partial charge in [0.15, 0.2) is 0 Å². The van der Waals surface area contributed by atoms with E-state index in [1.165, 1.54) is 0 Å².